The number of hydrogen-bond donors (Lipinski definition) is 2. The predicted molar refractivity (Wildman–Crippen MR) is 97.6 cm³/mol. The van der Waals surface area contributed by atoms with Gasteiger partial charge in [-0.15, -0.1) is 0 Å². The van der Waals surface area contributed by atoms with Gasteiger partial charge in [0.25, 0.3) is 20.0 Å². The van der Waals surface area contributed by atoms with Crippen LogP contribution >= 0.6 is 0 Å². The van der Waals surface area contributed by atoms with Crippen molar-refractivity contribution in [3.05, 3.63) is 59.7 Å². The van der Waals surface area contributed by atoms with E-state index >= 15 is 0 Å². The molecular weight excluding hydrogens is 392 g/mol. The standard InChI is InChI=1S/C17H18N2O6S2/c1-12-3-7-14(8-4-12)26(22,23)18-16(20)11-17(21)19-27(24,25)15-9-5-13(2)6-10-15/h3-10H,11H2,1-2H3,(H,18,20)(H,19,21). The summed E-state index contributed by atoms with van der Waals surface area (Å²) in [5.74, 6) is -2.29. The van der Waals surface area contributed by atoms with Crippen molar-refractivity contribution in [3.63, 3.8) is 0 Å². The summed E-state index contributed by atoms with van der Waals surface area (Å²) < 4.78 is 51.8. The Morgan fingerprint density at radius 2 is 0.963 bits per heavy atom. The zero-order chi connectivity index (χ0) is 20.2. The van der Waals surface area contributed by atoms with Gasteiger partial charge in [-0.05, 0) is 38.1 Å². The zero-order valence-corrected chi connectivity index (χ0v) is 16.2. The number of benzene rings is 2. The van der Waals surface area contributed by atoms with Gasteiger partial charge in [-0.3, -0.25) is 9.59 Å². The van der Waals surface area contributed by atoms with E-state index in [0.717, 1.165) is 11.1 Å². The number of sulfonamides is 2. The lowest BCUT2D eigenvalue weighted by molar-refractivity contribution is -0.127. The van der Waals surface area contributed by atoms with Gasteiger partial charge >= 0.3 is 0 Å². The van der Waals surface area contributed by atoms with E-state index in [1.54, 1.807) is 47.6 Å². The van der Waals surface area contributed by atoms with E-state index in [1.807, 2.05) is 0 Å². The average molecular weight is 410 g/mol. The molecule has 0 aromatic heterocycles. The van der Waals surface area contributed by atoms with E-state index in [-0.39, 0.29) is 9.79 Å². The van der Waals surface area contributed by atoms with Gasteiger partial charge in [-0.1, -0.05) is 35.4 Å². The fourth-order valence-corrected chi connectivity index (χ4v) is 4.04. The summed E-state index contributed by atoms with van der Waals surface area (Å²) in [5, 5.41) is 0. The molecule has 0 heterocycles. The van der Waals surface area contributed by atoms with Gasteiger partial charge in [-0.25, -0.2) is 26.3 Å². The lowest BCUT2D eigenvalue weighted by atomic mass is 10.2. The number of hydrogen-bond acceptors (Lipinski definition) is 6. The molecule has 0 aliphatic carbocycles. The van der Waals surface area contributed by atoms with Crippen LogP contribution in [0.3, 0.4) is 0 Å². The largest absolute Gasteiger partial charge is 0.273 e. The van der Waals surface area contributed by atoms with Crippen molar-refractivity contribution in [2.45, 2.75) is 30.1 Å². The van der Waals surface area contributed by atoms with Gasteiger partial charge in [0.15, 0.2) is 0 Å². The molecule has 2 amide bonds. The van der Waals surface area contributed by atoms with E-state index in [0.29, 0.717) is 0 Å². The minimum absolute atomic E-state index is 0.144. The highest BCUT2D eigenvalue weighted by molar-refractivity contribution is 7.90. The van der Waals surface area contributed by atoms with E-state index < -0.39 is 38.3 Å². The SMILES string of the molecule is Cc1ccc(S(=O)(=O)NC(=O)CC(=O)NS(=O)(=O)c2ccc(C)cc2)cc1. The second-order valence-corrected chi connectivity index (χ2v) is 9.23. The maximum atomic E-state index is 12.1. The second kappa shape index (κ2) is 7.89. The van der Waals surface area contributed by atoms with Gasteiger partial charge in [0.05, 0.1) is 9.79 Å². The molecule has 2 rings (SSSR count). The maximum Gasteiger partial charge on any atom is 0.264 e. The van der Waals surface area contributed by atoms with Gasteiger partial charge in [0.2, 0.25) is 11.8 Å². The van der Waals surface area contributed by atoms with Crippen LogP contribution in [0.4, 0.5) is 0 Å². The third-order valence-corrected chi connectivity index (χ3v) is 6.26. The molecule has 0 saturated heterocycles. The number of carbonyl (C=O) groups excluding carboxylic acids is 2. The fourth-order valence-electron chi connectivity index (χ4n) is 2.07. The summed E-state index contributed by atoms with van der Waals surface area (Å²) in [6, 6.07) is 11.5. The molecule has 0 saturated carbocycles. The Morgan fingerprint density at radius 3 is 1.26 bits per heavy atom. The van der Waals surface area contributed by atoms with Crippen LogP contribution in [-0.4, -0.2) is 28.6 Å². The minimum Gasteiger partial charge on any atom is -0.273 e. The van der Waals surface area contributed by atoms with Crippen molar-refractivity contribution >= 4 is 31.9 Å². The minimum atomic E-state index is -4.15. The van der Waals surface area contributed by atoms with Gasteiger partial charge in [0.1, 0.15) is 6.42 Å². The van der Waals surface area contributed by atoms with Crippen LogP contribution in [-0.2, 0) is 29.6 Å². The summed E-state index contributed by atoms with van der Waals surface area (Å²) in [4.78, 5) is 23.4. The molecular formula is C17H18N2O6S2. The Bertz CT molecular complexity index is 970. The third kappa shape index (κ3) is 5.63. The summed E-state index contributed by atoms with van der Waals surface area (Å²) in [5.41, 5.74) is 1.67. The average Bonchev–Trinajstić information content (AvgIpc) is 2.54. The number of rotatable bonds is 6. The smallest absolute Gasteiger partial charge is 0.264 e. The summed E-state index contributed by atoms with van der Waals surface area (Å²) >= 11 is 0. The molecule has 0 bridgehead atoms. The number of aryl methyl sites for hydroxylation is 2. The lowest BCUT2D eigenvalue weighted by Crippen LogP contribution is -2.37. The van der Waals surface area contributed by atoms with Crippen LogP contribution < -0.4 is 9.44 Å². The number of nitrogens with one attached hydrogen (secondary N) is 2. The highest BCUT2D eigenvalue weighted by Crippen LogP contribution is 2.11. The Morgan fingerprint density at radius 1 is 0.667 bits per heavy atom. The highest BCUT2D eigenvalue weighted by atomic mass is 32.2. The molecule has 0 spiro atoms. The molecule has 0 atom stereocenters. The number of amides is 2. The fraction of sp³-hybridized carbons (Fsp3) is 0.176. The molecule has 144 valence electrons. The predicted octanol–water partition coefficient (Wildman–Crippen LogP) is 1.00. The van der Waals surface area contributed by atoms with E-state index in [4.69, 9.17) is 0 Å². The van der Waals surface area contributed by atoms with Crippen molar-refractivity contribution in [3.8, 4) is 0 Å². The maximum absolute atomic E-state index is 12.1. The van der Waals surface area contributed by atoms with Gasteiger partial charge in [0, 0.05) is 0 Å². The molecule has 10 heteroatoms. The van der Waals surface area contributed by atoms with Gasteiger partial charge in [-0.2, -0.15) is 0 Å². The molecule has 0 aliphatic rings. The lowest BCUT2D eigenvalue weighted by Gasteiger charge is -2.09. The highest BCUT2D eigenvalue weighted by Gasteiger charge is 2.22. The van der Waals surface area contributed by atoms with E-state index in [2.05, 4.69) is 0 Å². The quantitative estimate of drug-likeness (QED) is 0.684. The van der Waals surface area contributed by atoms with Crippen molar-refractivity contribution in [1.82, 2.24) is 9.44 Å². The summed E-state index contributed by atoms with van der Waals surface area (Å²) in [6.45, 7) is 3.54. The van der Waals surface area contributed by atoms with Crippen molar-refractivity contribution in [2.24, 2.45) is 0 Å². The summed E-state index contributed by atoms with van der Waals surface area (Å²) in [6.07, 6.45) is -0.962. The van der Waals surface area contributed by atoms with Crippen molar-refractivity contribution in [1.29, 1.82) is 0 Å². The van der Waals surface area contributed by atoms with Crippen LogP contribution in [0.2, 0.25) is 0 Å². The van der Waals surface area contributed by atoms with Crippen LogP contribution in [0.1, 0.15) is 17.5 Å². The van der Waals surface area contributed by atoms with Crippen LogP contribution in [0.25, 0.3) is 0 Å². The summed E-state index contributed by atoms with van der Waals surface area (Å²) in [7, 11) is -8.30. The first-order chi connectivity index (χ1) is 12.5. The molecule has 2 aromatic rings. The molecule has 0 unspecified atom stereocenters. The Balaban J connectivity index is 2.02. The third-order valence-electron chi connectivity index (χ3n) is 3.48. The normalized spacial score (nSPS) is 11.6. The molecule has 0 fully saturated rings. The van der Waals surface area contributed by atoms with Crippen molar-refractivity contribution in [2.75, 3.05) is 0 Å². The molecule has 0 aliphatic heterocycles. The van der Waals surface area contributed by atoms with Crippen molar-refractivity contribution < 1.29 is 26.4 Å². The molecule has 2 N–H and O–H groups in total. The topological polar surface area (TPSA) is 126 Å². The first-order valence-corrected chi connectivity index (χ1v) is 10.7. The second-order valence-electron chi connectivity index (χ2n) is 5.86. The Hall–Kier alpha value is -2.72. The molecule has 0 radical (unpaired) electrons. The molecule has 27 heavy (non-hydrogen) atoms. The van der Waals surface area contributed by atoms with Crippen LogP contribution in [0.15, 0.2) is 58.3 Å². The Labute approximate surface area is 157 Å². The Kier molecular flexibility index (Phi) is 6.01. The first-order valence-electron chi connectivity index (χ1n) is 7.74. The number of carbonyl (C=O) groups is 2. The monoisotopic (exact) mass is 410 g/mol. The van der Waals surface area contributed by atoms with Crippen LogP contribution in [0.5, 0.6) is 0 Å². The molecule has 2 aromatic carbocycles. The van der Waals surface area contributed by atoms with E-state index in [9.17, 15) is 26.4 Å². The van der Waals surface area contributed by atoms with E-state index in [1.165, 1.54) is 24.3 Å². The van der Waals surface area contributed by atoms with Gasteiger partial charge < -0.3 is 0 Å². The first kappa shape index (κ1) is 20.6. The molecule has 8 nitrogen and oxygen atoms in total. The zero-order valence-electron chi connectivity index (χ0n) is 14.6. The van der Waals surface area contributed by atoms with Crippen LogP contribution in [0, 0.1) is 13.8 Å².